The van der Waals surface area contributed by atoms with Crippen molar-refractivity contribution in [1.29, 1.82) is 5.26 Å². The Labute approximate surface area is 173 Å². The third-order valence-electron chi connectivity index (χ3n) is 5.18. The summed E-state index contributed by atoms with van der Waals surface area (Å²) in [6, 6.07) is 8.14. The van der Waals surface area contributed by atoms with Crippen molar-refractivity contribution >= 4 is 22.5 Å². The Morgan fingerprint density at radius 1 is 1.27 bits per heavy atom. The Hall–Kier alpha value is -2.82. The number of halogens is 3. The fourth-order valence-electron chi connectivity index (χ4n) is 3.92. The minimum Gasteiger partial charge on any atom is -0.368 e. The number of nitriles is 1. The molecule has 0 bridgehead atoms. The molecule has 8 heteroatoms. The molecule has 2 unspecified atom stereocenters. The number of carbonyl (C=O) groups is 1. The predicted octanol–water partition coefficient (Wildman–Crippen LogP) is 4.42. The zero-order valence-electron chi connectivity index (χ0n) is 17.3. The summed E-state index contributed by atoms with van der Waals surface area (Å²) in [5.41, 5.74) is 1.16. The van der Waals surface area contributed by atoms with Crippen molar-refractivity contribution in [2.45, 2.75) is 45.8 Å². The van der Waals surface area contributed by atoms with E-state index in [9.17, 15) is 23.2 Å². The maximum absolute atomic E-state index is 13.7. The van der Waals surface area contributed by atoms with Gasteiger partial charge in [-0.3, -0.25) is 9.78 Å². The van der Waals surface area contributed by atoms with Crippen LogP contribution in [0.25, 0.3) is 10.9 Å². The van der Waals surface area contributed by atoms with E-state index in [1.54, 1.807) is 35.4 Å². The van der Waals surface area contributed by atoms with Gasteiger partial charge in [-0.05, 0) is 36.1 Å². The van der Waals surface area contributed by atoms with Crippen LogP contribution in [0.3, 0.4) is 0 Å². The third kappa shape index (κ3) is 5.02. The number of amides is 1. The quantitative estimate of drug-likeness (QED) is 0.801. The number of rotatable bonds is 3. The Morgan fingerprint density at radius 3 is 2.63 bits per heavy atom. The lowest BCUT2D eigenvalue weighted by atomic mass is 9.90. The molecule has 3 rings (SSSR count). The van der Waals surface area contributed by atoms with Crippen molar-refractivity contribution in [3.63, 3.8) is 0 Å². The molecular weight excluding hydrogens is 393 g/mol. The van der Waals surface area contributed by atoms with E-state index in [-0.39, 0.29) is 37.3 Å². The molecule has 0 radical (unpaired) electrons. The first kappa shape index (κ1) is 21.9. The molecule has 1 amide bonds. The van der Waals surface area contributed by atoms with Gasteiger partial charge in [0.25, 0.3) is 0 Å². The summed E-state index contributed by atoms with van der Waals surface area (Å²) >= 11 is 0. The van der Waals surface area contributed by atoms with E-state index in [0.29, 0.717) is 22.2 Å². The van der Waals surface area contributed by atoms with Crippen LogP contribution in [0.1, 0.15) is 39.2 Å². The van der Waals surface area contributed by atoms with Crippen LogP contribution in [0, 0.1) is 22.7 Å². The summed E-state index contributed by atoms with van der Waals surface area (Å²) in [6.45, 7) is 5.79. The van der Waals surface area contributed by atoms with Crippen LogP contribution in [-0.4, -0.2) is 36.2 Å². The molecule has 2 aromatic rings. The predicted molar refractivity (Wildman–Crippen MR) is 109 cm³/mol. The van der Waals surface area contributed by atoms with Gasteiger partial charge in [0.1, 0.15) is 6.07 Å². The number of aromatic nitrogens is 1. The molecule has 1 saturated heterocycles. The van der Waals surface area contributed by atoms with Gasteiger partial charge >= 0.3 is 6.18 Å². The van der Waals surface area contributed by atoms with Gasteiger partial charge in [-0.15, -0.1) is 0 Å². The largest absolute Gasteiger partial charge is 0.393 e. The minimum atomic E-state index is -4.37. The molecule has 2 atom stereocenters. The number of hydrogen-bond donors (Lipinski definition) is 1. The first-order valence-corrected chi connectivity index (χ1v) is 9.87. The smallest absolute Gasteiger partial charge is 0.368 e. The van der Waals surface area contributed by atoms with Crippen molar-refractivity contribution in [2.75, 3.05) is 18.0 Å². The summed E-state index contributed by atoms with van der Waals surface area (Å²) in [6.07, 6.45) is -2.73. The van der Waals surface area contributed by atoms with Crippen molar-refractivity contribution < 1.29 is 18.0 Å². The number of nitrogens with zero attached hydrogens (tertiary/aromatic N) is 3. The van der Waals surface area contributed by atoms with Crippen LogP contribution in [0.2, 0.25) is 0 Å². The zero-order valence-corrected chi connectivity index (χ0v) is 17.3. The highest BCUT2D eigenvalue weighted by Crippen LogP contribution is 2.37. The van der Waals surface area contributed by atoms with Crippen LogP contribution in [-0.2, 0) is 4.79 Å². The number of carbonyl (C=O) groups excluding carboxylic acids is 1. The first-order chi connectivity index (χ1) is 14.0. The number of benzene rings is 1. The molecule has 0 aliphatic carbocycles. The molecule has 160 valence electrons. The SMILES string of the molecule is CC(C)(C)CC(=O)NC1CC(C(F)(F)F)CN(c2ccc(C#N)c3ncccc23)C1. The van der Waals surface area contributed by atoms with Crippen molar-refractivity contribution in [2.24, 2.45) is 11.3 Å². The lowest BCUT2D eigenvalue weighted by molar-refractivity contribution is -0.178. The fourth-order valence-corrected chi connectivity index (χ4v) is 3.92. The van der Waals surface area contributed by atoms with E-state index in [1.807, 2.05) is 20.8 Å². The third-order valence-corrected chi connectivity index (χ3v) is 5.18. The van der Waals surface area contributed by atoms with E-state index in [0.717, 1.165) is 0 Å². The lowest BCUT2D eigenvalue weighted by Crippen LogP contribution is -2.54. The summed E-state index contributed by atoms with van der Waals surface area (Å²) in [4.78, 5) is 18.3. The van der Waals surface area contributed by atoms with Crippen molar-refractivity contribution in [1.82, 2.24) is 10.3 Å². The van der Waals surface area contributed by atoms with Gasteiger partial charge in [0, 0.05) is 42.8 Å². The normalized spacial score (nSPS) is 20.1. The monoisotopic (exact) mass is 418 g/mol. The van der Waals surface area contributed by atoms with Gasteiger partial charge in [0.05, 0.1) is 17.0 Å². The van der Waals surface area contributed by atoms with E-state index in [4.69, 9.17) is 0 Å². The Morgan fingerprint density at radius 2 is 2.00 bits per heavy atom. The summed E-state index contributed by atoms with van der Waals surface area (Å²) in [7, 11) is 0. The minimum absolute atomic E-state index is 0.150. The molecule has 1 N–H and O–H groups in total. The van der Waals surface area contributed by atoms with Crippen molar-refractivity contribution in [3.05, 3.63) is 36.0 Å². The summed E-state index contributed by atoms with van der Waals surface area (Å²) in [5, 5.41) is 12.7. The van der Waals surface area contributed by atoms with Crippen LogP contribution < -0.4 is 10.2 Å². The number of fused-ring (bicyclic) bond motifs is 1. The Kier molecular flexibility index (Phi) is 5.93. The van der Waals surface area contributed by atoms with Gasteiger partial charge in [-0.25, -0.2) is 0 Å². The Balaban J connectivity index is 1.93. The summed E-state index contributed by atoms with van der Waals surface area (Å²) < 4.78 is 41.0. The number of anilines is 1. The standard InChI is InChI=1S/C22H25F3N4O/c1-21(2,3)10-19(30)28-16-9-15(22(23,24)25)12-29(13-16)18-7-6-14(11-26)20-17(18)5-4-8-27-20/h4-8,15-16H,9-10,12-13H2,1-3H3,(H,28,30). The van der Waals surface area contributed by atoms with E-state index < -0.39 is 18.1 Å². The van der Waals surface area contributed by atoms with Gasteiger partial charge in [0.2, 0.25) is 5.91 Å². The molecule has 0 saturated carbocycles. The highest BCUT2D eigenvalue weighted by atomic mass is 19.4. The van der Waals surface area contributed by atoms with Gasteiger partial charge in [0.15, 0.2) is 0 Å². The molecule has 1 aliphatic heterocycles. The topological polar surface area (TPSA) is 69.0 Å². The second-order valence-electron chi connectivity index (χ2n) is 9.02. The zero-order chi connectivity index (χ0) is 22.1. The maximum atomic E-state index is 13.7. The van der Waals surface area contributed by atoms with Gasteiger partial charge < -0.3 is 10.2 Å². The molecule has 5 nitrogen and oxygen atoms in total. The number of nitrogens with one attached hydrogen (secondary N) is 1. The number of piperidine rings is 1. The van der Waals surface area contributed by atoms with E-state index in [1.165, 1.54) is 0 Å². The maximum Gasteiger partial charge on any atom is 0.393 e. The van der Waals surface area contributed by atoms with Gasteiger partial charge in [-0.2, -0.15) is 18.4 Å². The average molecular weight is 418 g/mol. The molecule has 1 aliphatic rings. The van der Waals surface area contributed by atoms with E-state index >= 15 is 0 Å². The Bertz CT molecular complexity index is 975. The van der Waals surface area contributed by atoms with Gasteiger partial charge in [-0.1, -0.05) is 20.8 Å². The van der Waals surface area contributed by atoms with Crippen molar-refractivity contribution in [3.8, 4) is 6.07 Å². The lowest BCUT2D eigenvalue weighted by Gasteiger charge is -2.40. The number of pyridine rings is 1. The second kappa shape index (κ2) is 8.13. The summed E-state index contributed by atoms with van der Waals surface area (Å²) in [5.74, 6) is -1.81. The number of hydrogen-bond acceptors (Lipinski definition) is 4. The molecular formula is C22H25F3N4O. The molecule has 2 heterocycles. The second-order valence-corrected chi connectivity index (χ2v) is 9.02. The molecule has 30 heavy (non-hydrogen) atoms. The van der Waals surface area contributed by atoms with Crippen LogP contribution in [0.4, 0.5) is 18.9 Å². The average Bonchev–Trinajstić information content (AvgIpc) is 2.64. The van der Waals surface area contributed by atoms with Crippen LogP contribution in [0.5, 0.6) is 0 Å². The number of alkyl halides is 3. The fraction of sp³-hybridized carbons (Fsp3) is 0.500. The van der Waals surface area contributed by atoms with Crippen LogP contribution >= 0.6 is 0 Å². The first-order valence-electron chi connectivity index (χ1n) is 9.87. The van der Waals surface area contributed by atoms with E-state index in [2.05, 4.69) is 16.4 Å². The molecule has 1 aromatic heterocycles. The molecule has 0 spiro atoms. The van der Waals surface area contributed by atoms with Crippen LogP contribution in [0.15, 0.2) is 30.5 Å². The molecule has 1 aromatic carbocycles. The highest BCUT2D eigenvalue weighted by molar-refractivity contribution is 5.95. The molecule has 1 fully saturated rings. The highest BCUT2D eigenvalue weighted by Gasteiger charge is 2.45.